The van der Waals surface area contributed by atoms with Crippen LogP contribution in [0.2, 0.25) is 0 Å². The summed E-state index contributed by atoms with van der Waals surface area (Å²) in [4.78, 5) is 47.6. The number of rotatable bonds is 5. The normalized spacial score (nSPS) is 10.2. The van der Waals surface area contributed by atoms with Crippen molar-refractivity contribution in [2.45, 2.75) is 13.8 Å². The number of fused-ring (bicyclic) bond motifs is 1. The van der Waals surface area contributed by atoms with E-state index in [9.17, 15) is 29.4 Å². The number of hydrogen-bond donors (Lipinski definition) is 4. The van der Waals surface area contributed by atoms with Crippen LogP contribution in [0.4, 0.5) is 11.4 Å². The molecule has 0 aliphatic carbocycles. The van der Waals surface area contributed by atoms with Crippen molar-refractivity contribution < 1.29 is 29.4 Å². The lowest BCUT2D eigenvalue weighted by Crippen LogP contribution is -2.15. The smallest absolute Gasteiger partial charge is 0.336 e. The second kappa shape index (κ2) is 11.0. The third-order valence-electron chi connectivity index (χ3n) is 5.34. The Morgan fingerprint density at radius 3 is 1.83 bits per heavy atom. The van der Waals surface area contributed by atoms with Gasteiger partial charge in [-0.25, -0.2) is 9.59 Å². The molecule has 8 heteroatoms. The van der Waals surface area contributed by atoms with Crippen molar-refractivity contribution >= 4 is 46.3 Å². The van der Waals surface area contributed by atoms with Gasteiger partial charge in [-0.3, -0.25) is 9.59 Å². The summed E-state index contributed by atoms with van der Waals surface area (Å²) in [6.07, 6.45) is 0.433. The molecule has 1 amide bonds. The molecule has 0 spiro atoms. The van der Waals surface area contributed by atoms with Crippen molar-refractivity contribution in [2.75, 3.05) is 11.1 Å². The number of nitrogens with two attached hydrogens (primary N) is 1. The van der Waals surface area contributed by atoms with E-state index >= 15 is 0 Å². The third kappa shape index (κ3) is 5.74. The van der Waals surface area contributed by atoms with Crippen LogP contribution in [0.5, 0.6) is 0 Å². The zero-order valence-electron chi connectivity index (χ0n) is 19.6. The Labute approximate surface area is 207 Å². The van der Waals surface area contributed by atoms with E-state index in [1.807, 2.05) is 44.2 Å². The fourth-order valence-electron chi connectivity index (χ4n) is 3.76. The van der Waals surface area contributed by atoms with Gasteiger partial charge in [-0.1, -0.05) is 30.3 Å². The molecule has 4 rings (SSSR count). The number of carbonyl (C=O) groups excluding carboxylic acids is 2. The molecular weight excluding hydrogens is 460 g/mol. The maximum Gasteiger partial charge on any atom is 0.336 e. The van der Waals surface area contributed by atoms with Gasteiger partial charge in [-0.15, -0.1) is 0 Å². The number of carbonyl (C=O) groups is 4. The molecule has 0 aromatic heterocycles. The number of nitrogens with one attached hydrogen (secondary N) is 1. The molecule has 0 aliphatic heterocycles. The average molecular weight is 485 g/mol. The Kier molecular flexibility index (Phi) is 7.81. The molecule has 36 heavy (non-hydrogen) atoms. The minimum Gasteiger partial charge on any atom is -0.478 e. The summed E-state index contributed by atoms with van der Waals surface area (Å²) in [6.45, 7) is 3.88. The van der Waals surface area contributed by atoms with Crippen LogP contribution in [0.25, 0.3) is 10.8 Å². The van der Waals surface area contributed by atoms with E-state index in [4.69, 9.17) is 5.73 Å². The third-order valence-corrected chi connectivity index (χ3v) is 5.34. The number of carboxylic acids is 2. The largest absolute Gasteiger partial charge is 0.478 e. The zero-order valence-corrected chi connectivity index (χ0v) is 19.6. The molecule has 0 saturated heterocycles. The summed E-state index contributed by atoms with van der Waals surface area (Å²) in [5, 5.41) is 21.5. The molecule has 0 saturated carbocycles. The van der Waals surface area contributed by atoms with Gasteiger partial charge in [-0.2, -0.15) is 0 Å². The number of hydrogen-bond acceptors (Lipinski definition) is 5. The highest BCUT2D eigenvalue weighted by molar-refractivity contribution is 6.23. The Hall–Kier alpha value is -4.98. The van der Waals surface area contributed by atoms with Crippen molar-refractivity contribution in [3.05, 3.63) is 106 Å². The Morgan fingerprint density at radius 2 is 1.31 bits per heavy atom. The van der Waals surface area contributed by atoms with Crippen molar-refractivity contribution in [1.82, 2.24) is 0 Å². The summed E-state index contributed by atoms with van der Waals surface area (Å²) >= 11 is 0. The molecule has 0 aliphatic rings. The van der Waals surface area contributed by atoms with Crippen LogP contribution < -0.4 is 11.1 Å². The first-order chi connectivity index (χ1) is 17.1. The highest BCUT2D eigenvalue weighted by Crippen LogP contribution is 2.30. The first-order valence-corrected chi connectivity index (χ1v) is 10.8. The first kappa shape index (κ1) is 25.6. The zero-order chi connectivity index (χ0) is 26.4. The lowest BCUT2D eigenvalue weighted by molar-refractivity contribution is 0.0686. The molecule has 5 N–H and O–H groups in total. The molecule has 0 heterocycles. The molecule has 4 aromatic rings. The quantitative estimate of drug-likeness (QED) is 0.225. The van der Waals surface area contributed by atoms with Gasteiger partial charge >= 0.3 is 11.9 Å². The predicted molar refractivity (Wildman–Crippen MR) is 138 cm³/mol. The van der Waals surface area contributed by atoms with E-state index < -0.39 is 17.8 Å². The first-order valence-electron chi connectivity index (χ1n) is 10.8. The van der Waals surface area contributed by atoms with Gasteiger partial charge in [0.2, 0.25) is 0 Å². The summed E-state index contributed by atoms with van der Waals surface area (Å²) in [5.74, 6) is -3.28. The van der Waals surface area contributed by atoms with Crippen LogP contribution in [0.15, 0.2) is 72.8 Å². The number of amides is 1. The van der Waals surface area contributed by atoms with Crippen LogP contribution >= 0.6 is 0 Å². The second-order valence-corrected chi connectivity index (χ2v) is 8.08. The lowest BCUT2D eigenvalue weighted by atomic mass is 9.91. The van der Waals surface area contributed by atoms with Crippen LogP contribution in [-0.4, -0.2) is 34.3 Å². The van der Waals surface area contributed by atoms with Gasteiger partial charge in [0.1, 0.15) is 0 Å². The monoisotopic (exact) mass is 484 g/mol. The molecule has 0 unspecified atom stereocenters. The van der Waals surface area contributed by atoms with Gasteiger partial charge < -0.3 is 21.3 Å². The maximum absolute atomic E-state index is 12.9. The number of nitrogen functional groups attached to an aromatic ring is 1. The summed E-state index contributed by atoms with van der Waals surface area (Å²) in [6, 6.07) is 19.7. The fourth-order valence-corrected chi connectivity index (χ4v) is 3.76. The lowest BCUT2D eigenvalue weighted by Gasteiger charge is -2.14. The van der Waals surface area contributed by atoms with Crippen LogP contribution in [-0.2, 0) is 0 Å². The van der Waals surface area contributed by atoms with Crippen LogP contribution in [0.3, 0.4) is 0 Å². The number of benzene rings is 4. The predicted octanol–water partition coefficient (Wildman–Crippen LogP) is 5.19. The highest BCUT2D eigenvalue weighted by Gasteiger charge is 2.23. The second-order valence-electron chi connectivity index (χ2n) is 8.08. The number of aromatic carboxylic acids is 2. The molecule has 0 bridgehead atoms. The highest BCUT2D eigenvalue weighted by atomic mass is 16.4. The van der Waals surface area contributed by atoms with E-state index in [2.05, 4.69) is 5.32 Å². The standard InChI is InChI=1S/C21H15NO6.C7H9N/c1-11-3-2-4-13(9-11)22-19(24)14-7-8-15(20(25)26)17-12(10-23)5-6-16(18(14)17)21(27)28;1-6-3-2-4-7(8)5-6/h2-10H,1H3,(H,22,24)(H,25,26)(H,27,28);2-5H,8H2,1H3. The fraction of sp³-hybridized carbons (Fsp3) is 0.0714. The Morgan fingerprint density at radius 1 is 0.750 bits per heavy atom. The van der Waals surface area contributed by atoms with E-state index in [1.165, 1.54) is 29.8 Å². The molecule has 4 aromatic carbocycles. The van der Waals surface area contributed by atoms with Crippen molar-refractivity contribution in [2.24, 2.45) is 0 Å². The molecule has 182 valence electrons. The van der Waals surface area contributed by atoms with Crippen LogP contribution in [0.1, 0.15) is 52.6 Å². The number of carboxylic acid groups (broad SMARTS) is 2. The van der Waals surface area contributed by atoms with E-state index in [-0.39, 0.29) is 33.0 Å². The van der Waals surface area contributed by atoms with Gasteiger partial charge in [0.25, 0.3) is 5.91 Å². The number of aldehydes is 1. The molecule has 0 atom stereocenters. The SMILES string of the molecule is Cc1cccc(N)c1.Cc1cccc(NC(=O)c2ccc(C(=O)O)c3c(C=O)ccc(C(=O)O)c23)c1. The van der Waals surface area contributed by atoms with Gasteiger partial charge in [0.15, 0.2) is 6.29 Å². The summed E-state index contributed by atoms with van der Waals surface area (Å²) < 4.78 is 0. The average Bonchev–Trinajstić information content (AvgIpc) is 2.82. The minimum atomic E-state index is -1.34. The molecule has 0 fully saturated rings. The molecule has 8 nitrogen and oxygen atoms in total. The number of aryl methyl sites for hydroxylation is 2. The molecular formula is C28H24N2O6. The van der Waals surface area contributed by atoms with E-state index in [0.717, 1.165) is 11.3 Å². The van der Waals surface area contributed by atoms with Gasteiger partial charge in [-0.05, 0) is 67.4 Å². The van der Waals surface area contributed by atoms with E-state index in [1.54, 1.807) is 18.2 Å². The van der Waals surface area contributed by atoms with Crippen molar-refractivity contribution in [3.63, 3.8) is 0 Å². The van der Waals surface area contributed by atoms with Crippen molar-refractivity contribution in [3.8, 4) is 0 Å². The summed E-state index contributed by atoms with van der Waals surface area (Å²) in [7, 11) is 0. The Bertz CT molecular complexity index is 1480. The van der Waals surface area contributed by atoms with Gasteiger partial charge in [0.05, 0.1) is 11.1 Å². The van der Waals surface area contributed by atoms with Crippen LogP contribution in [0, 0.1) is 13.8 Å². The summed E-state index contributed by atoms with van der Waals surface area (Å²) in [5.41, 5.74) is 8.35. The van der Waals surface area contributed by atoms with E-state index in [0.29, 0.717) is 12.0 Å². The minimum absolute atomic E-state index is 0.0115. The number of anilines is 2. The molecule has 0 radical (unpaired) electrons. The Balaban J connectivity index is 0.000000383. The topological polar surface area (TPSA) is 147 Å². The van der Waals surface area contributed by atoms with Gasteiger partial charge in [0, 0.05) is 33.3 Å². The van der Waals surface area contributed by atoms with Crippen molar-refractivity contribution in [1.29, 1.82) is 0 Å². The maximum atomic E-state index is 12.9.